The summed E-state index contributed by atoms with van der Waals surface area (Å²) in [5.74, 6) is 4.55. The zero-order valence-electron chi connectivity index (χ0n) is 22.6. The smallest absolute Gasteiger partial charge is 2.00 e. The minimum atomic E-state index is -0.981. The molecule has 0 aliphatic carbocycles. The summed E-state index contributed by atoms with van der Waals surface area (Å²) in [6.45, 7) is 14.2. The van der Waals surface area contributed by atoms with E-state index in [1.54, 1.807) is 10.4 Å². The van der Waals surface area contributed by atoms with Crippen molar-refractivity contribution < 1.29 is 35.9 Å². The molecule has 37 heavy (non-hydrogen) atoms. The average Bonchev–Trinajstić information content (AvgIpc) is 3.62. The third-order valence-corrected chi connectivity index (χ3v) is 9.02. The van der Waals surface area contributed by atoms with E-state index < -0.39 is 16.1 Å². The van der Waals surface area contributed by atoms with Crippen LogP contribution in [0.5, 0.6) is 0 Å². The summed E-state index contributed by atoms with van der Waals surface area (Å²) in [7, 11) is -1.96. The van der Waals surface area contributed by atoms with Crippen LogP contribution in [0.1, 0.15) is 11.1 Å². The number of hydrogen-bond donors (Lipinski definition) is 0. The first-order valence-corrected chi connectivity index (χ1v) is 20.9. The van der Waals surface area contributed by atoms with E-state index >= 15 is 0 Å². The molecule has 4 aromatic rings. The Kier molecular flexibility index (Phi) is 21.7. The van der Waals surface area contributed by atoms with Gasteiger partial charge in [0.05, 0.1) is 16.1 Å². The zero-order chi connectivity index (χ0) is 27.5. The fraction of sp³-hybridized carbons (Fsp3) is 0.188. The summed E-state index contributed by atoms with van der Waals surface area (Å²) in [4.78, 5) is 0. The van der Waals surface area contributed by atoms with Crippen LogP contribution in [0.15, 0.2) is 109 Å². The Balaban J connectivity index is 0. The maximum absolute atomic E-state index is 6.69. The fourth-order valence-electron chi connectivity index (χ4n) is 2.79. The van der Waals surface area contributed by atoms with Crippen molar-refractivity contribution in [3.63, 3.8) is 0 Å². The van der Waals surface area contributed by atoms with Crippen LogP contribution in [-0.4, -0.2) is 16.1 Å². The van der Waals surface area contributed by atoms with E-state index in [1.165, 1.54) is 0 Å². The normalized spacial score (nSPS) is 9.38. The van der Waals surface area contributed by atoms with E-state index in [4.69, 9.17) is 12.8 Å². The minimum absolute atomic E-state index is 0. The van der Waals surface area contributed by atoms with Crippen LogP contribution in [0.4, 0.5) is 0 Å². The first-order chi connectivity index (χ1) is 17.1. The van der Waals surface area contributed by atoms with E-state index in [0.717, 1.165) is 11.1 Å². The van der Waals surface area contributed by atoms with Crippen molar-refractivity contribution in [3.05, 3.63) is 133 Å². The number of benzene rings is 2. The van der Waals surface area contributed by atoms with Gasteiger partial charge in [-0.15, -0.1) is 35.4 Å². The van der Waals surface area contributed by atoms with Gasteiger partial charge in [0.15, 0.2) is 0 Å². The molecule has 0 heterocycles. The molecule has 0 aliphatic heterocycles. The van der Waals surface area contributed by atoms with Crippen molar-refractivity contribution in [2.45, 2.75) is 39.3 Å². The first-order valence-electron chi connectivity index (χ1n) is 11.6. The molecule has 0 saturated carbocycles. The second-order valence-corrected chi connectivity index (χ2v) is 20.0. The maximum atomic E-state index is 6.69. The summed E-state index contributed by atoms with van der Waals surface area (Å²) >= 11 is 6.50. The van der Waals surface area contributed by atoms with Crippen molar-refractivity contribution in [2.75, 3.05) is 0 Å². The molecule has 0 N–H and O–H groups in total. The molecule has 0 spiro atoms. The Labute approximate surface area is 258 Å². The van der Waals surface area contributed by atoms with Gasteiger partial charge in [0, 0.05) is 0 Å². The quantitative estimate of drug-likeness (QED) is 0.116. The average molecular weight is 668 g/mol. The van der Waals surface area contributed by atoms with Gasteiger partial charge in [-0.1, -0.05) is 75.7 Å². The van der Waals surface area contributed by atoms with Crippen molar-refractivity contribution >= 4 is 40.6 Å². The molecule has 0 radical (unpaired) electrons. The molecule has 0 atom stereocenters. The van der Waals surface area contributed by atoms with E-state index in [9.17, 15) is 0 Å². The van der Waals surface area contributed by atoms with Crippen LogP contribution in [0.25, 0.3) is 0 Å². The van der Waals surface area contributed by atoms with E-state index in [1.807, 2.05) is 60.7 Å². The molecule has 0 aromatic heterocycles. The number of halogens is 1. The second-order valence-electron chi connectivity index (χ2n) is 9.83. The first kappa shape index (κ1) is 37.6. The van der Waals surface area contributed by atoms with Gasteiger partial charge in [0.2, 0.25) is 0 Å². The van der Waals surface area contributed by atoms with Crippen LogP contribution >= 0.6 is 14.1 Å². The summed E-state index contributed by atoms with van der Waals surface area (Å²) < 4.78 is 0. The summed E-state index contributed by atoms with van der Waals surface area (Å²) in [5, 5.41) is 3.12. The minimum Gasteiger partial charge on any atom is 2.00 e. The molecule has 0 bridgehead atoms. The number of hydrogen-bond acceptors (Lipinski definition) is 0. The maximum Gasteiger partial charge on any atom is 2.00 e. The molecule has 0 fully saturated rings. The molecule has 0 unspecified atom stereocenters. The summed E-state index contributed by atoms with van der Waals surface area (Å²) in [6, 6.07) is 36.1. The van der Waals surface area contributed by atoms with Gasteiger partial charge in [-0.25, -0.2) is 24.3 Å². The summed E-state index contributed by atoms with van der Waals surface area (Å²) in [6.07, 6.45) is 13.4. The zero-order valence-corrected chi connectivity index (χ0v) is 28.7. The molecule has 0 aliphatic rings. The molecule has 4 rings (SSSR count). The van der Waals surface area contributed by atoms with E-state index in [0.29, 0.717) is 0 Å². The Morgan fingerprint density at radius 1 is 0.568 bits per heavy atom. The molecular weight excluding hydrogens is 632 g/mol. The SMILES string of the molecule is C[Si](C)(C)c1ccc[cH-]1.C[Si](C)(C)c1ccc[cH-]1.[C-]#Cc1ccccc1.[C-]#Cc1ccccc1.[Cu][Br].[Ti+2]. The standard InChI is InChI=1S/2C8H13Si.2C8H5.BrH.Cu.Ti/c2*1-9(2,3)8-6-4-5-7-8;2*1-2-8-6-4-3-5-7-8;;;/h2*4-7H,1-3H3;2*3-7H;1H;;/q4*-1;;+1;+2/p-1. The van der Waals surface area contributed by atoms with E-state index in [-0.39, 0.29) is 21.7 Å². The third kappa shape index (κ3) is 18.3. The molecule has 5 heteroatoms. The van der Waals surface area contributed by atoms with Gasteiger partial charge >= 0.3 is 50.0 Å². The van der Waals surface area contributed by atoms with Gasteiger partial charge in [-0.2, -0.15) is 34.6 Å². The summed E-state index contributed by atoms with van der Waals surface area (Å²) in [5.41, 5.74) is 1.65. The Bertz CT molecular complexity index is 1020. The van der Waals surface area contributed by atoms with Gasteiger partial charge in [-0.05, 0) is 0 Å². The fourth-order valence-corrected chi connectivity index (χ4v) is 5.18. The predicted octanol–water partition coefficient (Wildman–Crippen LogP) is 7.99. The van der Waals surface area contributed by atoms with Crippen LogP contribution < -0.4 is 10.4 Å². The molecule has 4 aromatic carbocycles. The Morgan fingerprint density at radius 2 is 0.865 bits per heavy atom. The molecule has 196 valence electrons. The van der Waals surface area contributed by atoms with Crippen molar-refractivity contribution in [3.8, 4) is 11.8 Å². The third-order valence-electron chi connectivity index (χ3n) is 4.89. The predicted molar refractivity (Wildman–Crippen MR) is 164 cm³/mol. The van der Waals surface area contributed by atoms with Crippen LogP contribution in [-0.2, 0) is 35.9 Å². The van der Waals surface area contributed by atoms with Gasteiger partial charge in [0.1, 0.15) is 0 Å². The molecule has 0 saturated heterocycles. The van der Waals surface area contributed by atoms with Crippen molar-refractivity contribution in [1.29, 1.82) is 0 Å². The van der Waals surface area contributed by atoms with Gasteiger partial charge in [-0.3, -0.25) is 11.8 Å². The van der Waals surface area contributed by atoms with Crippen LogP contribution in [0.3, 0.4) is 0 Å². The number of rotatable bonds is 2. The van der Waals surface area contributed by atoms with Gasteiger partial charge < -0.3 is 12.8 Å². The molecule has 0 amide bonds. The second kappa shape index (κ2) is 21.4. The van der Waals surface area contributed by atoms with Crippen LogP contribution in [0, 0.1) is 24.7 Å². The monoisotopic (exact) mass is 666 g/mol. The van der Waals surface area contributed by atoms with Crippen LogP contribution in [0.2, 0.25) is 39.3 Å². The molecular formula is C32H36BrCuSi2Ti-2. The van der Waals surface area contributed by atoms with Crippen molar-refractivity contribution in [2.24, 2.45) is 0 Å². The van der Waals surface area contributed by atoms with E-state index in [2.05, 4.69) is 128 Å². The Morgan fingerprint density at radius 3 is 1.00 bits per heavy atom. The Hall–Kier alpha value is -1.59. The molecule has 0 nitrogen and oxygen atoms in total. The topological polar surface area (TPSA) is 0 Å². The van der Waals surface area contributed by atoms with Crippen molar-refractivity contribution in [1.82, 2.24) is 0 Å². The van der Waals surface area contributed by atoms with Gasteiger partial charge in [0.25, 0.3) is 0 Å². The largest absolute Gasteiger partial charge is 2.00 e.